The average molecular weight is 210 g/mol. The number of hydrogen-bond acceptors (Lipinski definition) is 2. The summed E-state index contributed by atoms with van der Waals surface area (Å²) in [5.41, 5.74) is 0.455. The Morgan fingerprint density at radius 3 is 2.60 bits per heavy atom. The fourth-order valence-electron chi connectivity index (χ4n) is 3.40. The third-order valence-electron chi connectivity index (χ3n) is 4.37. The summed E-state index contributed by atoms with van der Waals surface area (Å²) in [7, 11) is 0. The molecule has 2 heteroatoms. The quantitative estimate of drug-likeness (QED) is 0.745. The Labute approximate surface area is 94.2 Å². The summed E-state index contributed by atoms with van der Waals surface area (Å²) in [4.78, 5) is 0. The fraction of sp³-hybridized carbons (Fsp3) is 1.00. The normalized spacial score (nSPS) is 33.4. The van der Waals surface area contributed by atoms with E-state index in [0.717, 1.165) is 12.6 Å². The van der Waals surface area contributed by atoms with Crippen LogP contribution in [0.4, 0.5) is 0 Å². The van der Waals surface area contributed by atoms with Crippen molar-refractivity contribution in [1.82, 2.24) is 10.6 Å². The first kappa shape index (κ1) is 11.4. The van der Waals surface area contributed by atoms with Crippen molar-refractivity contribution in [3.63, 3.8) is 0 Å². The first-order valence-electron chi connectivity index (χ1n) is 6.83. The molecule has 0 radical (unpaired) electrons. The fourth-order valence-corrected chi connectivity index (χ4v) is 3.40. The van der Waals surface area contributed by atoms with Crippen LogP contribution in [-0.4, -0.2) is 18.8 Å². The predicted octanol–water partition coefficient (Wildman–Crippen LogP) is 2.65. The molecule has 2 nitrogen and oxygen atoms in total. The second-order valence-electron chi connectivity index (χ2n) is 5.37. The van der Waals surface area contributed by atoms with Crippen molar-refractivity contribution in [3.05, 3.63) is 0 Å². The summed E-state index contributed by atoms with van der Waals surface area (Å²) < 4.78 is 0. The molecular weight excluding hydrogens is 184 g/mol. The monoisotopic (exact) mass is 210 g/mol. The highest BCUT2D eigenvalue weighted by Gasteiger charge is 2.40. The lowest BCUT2D eigenvalue weighted by atomic mass is 9.72. The number of nitrogens with one attached hydrogen (secondary N) is 2. The van der Waals surface area contributed by atoms with Crippen LogP contribution >= 0.6 is 0 Å². The summed E-state index contributed by atoms with van der Waals surface area (Å²) in [6.45, 7) is 4.54. The molecule has 1 aliphatic carbocycles. The standard InChI is InChI=1S/C13H26N2/c1-2-3-9-13(10-14-11-15-13)12-7-5-4-6-8-12/h12,14-15H,2-11H2,1H3. The van der Waals surface area contributed by atoms with Crippen molar-refractivity contribution >= 4 is 0 Å². The van der Waals surface area contributed by atoms with E-state index in [-0.39, 0.29) is 0 Å². The highest BCUT2D eigenvalue weighted by atomic mass is 15.2. The Morgan fingerprint density at radius 1 is 1.20 bits per heavy atom. The Balaban J connectivity index is 1.96. The highest BCUT2D eigenvalue weighted by molar-refractivity contribution is 5.00. The van der Waals surface area contributed by atoms with Crippen LogP contribution in [0.5, 0.6) is 0 Å². The summed E-state index contributed by atoms with van der Waals surface area (Å²) in [5, 5.41) is 7.27. The summed E-state index contributed by atoms with van der Waals surface area (Å²) in [6, 6.07) is 0. The summed E-state index contributed by atoms with van der Waals surface area (Å²) in [6.07, 6.45) is 11.4. The van der Waals surface area contributed by atoms with E-state index < -0.39 is 0 Å². The van der Waals surface area contributed by atoms with Crippen LogP contribution in [0.2, 0.25) is 0 Å². The first-order valence-corrected chi connectivity index (χ1v) is 6.83. The van der Waals surface area contributed by atoms with Gasteiger partial charge in [-0.15, -0.1) is 0 Å². The zero-order valence-corrected chi connectivity index (χ0v) is 10.1. The van der Waals surface area contributed by atoms with Crippen molar-refractivity contribution in [2.75, 3.05) is 13.2 Å². The lowest BCUT2D eigenvalue weighted by Crippen LogP contribution is -2.50. The Bertz CT molecular complexity index is 179. The van der Waals surface area contributed by atoms with E-state index in [1.807, 2.05) is 0 Å². The van der Waals surface area contributed by atoms with E-state index in [0.29, 0.717) is 5.54 Å². The maximum Gasteiger partial charge on any atom is 0.0459 e. The topological polar surface area (TPSA) is 24.1 Å². The SMILES string of the molecule is CCCCC1(C2CCCCC2)CNCN1. The molecule has 0 bridgehead atoms. The van der Waals surface area contributed by atoms with E-state index >= 15 is 0 Å². The molecule has 2 rings (SSSR count). The van der Waals surface area contributed by atoms with Crippen LogP contribution in [0, 0.1) is 5.92 Å². The molecular formula is C13H26N2. The van der Waals surface area contributed by atoms with Gasteiger partial charge in [0.05, 0.1) is 0 Å². The third kappa shape index (κ3) is 2.54. The summed E-state index contributed by atoms with van der Waals surface area (Å²) >= 11 is 0. The van der Waals surface area contributed by atoms with Gasteiger partial charge < -0.3 is 5.32 Å². The Morgan fingerprint density at radius 2 is 2.00 bits per heavy atom. The van der Waals surface area contributed by atoms with Gasteiger partial charge in [-0.1, -0.05) is 39.0 Å². The van der Waals surface area contributed by atoms with Gasteiger partial charge in [-0.25, -0.2) is 0 Å². The van der Waals surface area contributed by atoms with Crippen molar-refractivity contribution in [2.24, 2.45) is 5.92 Å². The van der Waals surface area contributed by atoms with Crippen molar-refractivity contribution in [1.29, 1.82) is 0 Å². The molecule has 0 amide bonds. The largest absolute Gasteiger partial charge is 0.303 e. The molecule has 15 heavy (non-hydrogen) atoms. The van der Waals surface area contributed by atoms with Crippen LogP contribution in [0.3, 0.4) is 0 Å². The number of unbranched alkanes of at least 4 members (excludes halogenated alkanes) is 1. The molecule has 0 aromatic heterocycles. The molecule has 88 valence electrons. The molecule has 0 aromatic carbocycles. The minimum absolute atomic E-state index is 0.455. The maximum absolute atomic E-state index is 3.76. The van der Waals surface area contributed by atoms with Crippen LogP contribution < -0.4 is 10.6 Å². The molecule has 0 aromatic rings. The minimum Gasteiger partial charge on any atom is -0.303 e. The maximum atomic E-state index is 3.76. The lowest BCUT2D eigenvalue weighted by Gasteiger charge is -2.39. The number of rotatable bonds is 4. The molecule has 1 atom stereocenters. The second-order valence-corrected chi connectivity index (χ2v) is 5.37. The molecule has 1 heterocycles. The van der Waals surface area contributed by atoms with Crippen LogP contribution in [0.1, 0.15) is 58.3 Å². The van der Waals surface area contributed by atoms with E-state index in [1.54, 1.807) is 0 Å². The van der Waals surface area contributed by atoms with Gasteiger partial charge in [0, 0.05) is 18.8 Å². The second kappa shape index (κ2) is 5.31. The van der Waals surface area contributed by atoms with Crippen molar-refractivity contribution in [3.8, 4) is 0 Å². The van der Waals surface area contributed by atoms with E-state index in [9.17, 15) is 0 Å². The molecule has 0 spiro atoms. The van der Waals surface area contributed by atoms with Crippen LogP contribution in [0.25, 0.3) is 0 Å². The molecule has 1 aliphatic heterocycles. The first-order chi connectivity index (χ1) is 7.37. The van der Waals surface area contributed by atoms with Gasteiger partial charge in [0.25, 0.3) is 0 Å². The molecule has 2 N–H and O–H groups in total. The van der Waals surface area contributed by atoms with Gasteiger partial charge in [-0.3, -0.25) is 5.32 Å². The zero-order valence-electron chi connectivity index (χ0n) is 10.1. The lowest BCUT2D eigenvalue weighted by molar-refractivity contribution is 0.178. The van der Waals surface area contributed by atoms with Crippen molar-refractivity contribution < 1.29 is 0 Å². The zero-order chi connectivity index (χ0) is 10.6. The van der Waals surface area contributed by atoms with Gasteiger partial charge in [0.15, 0.2) is 0 Å². The molecule has 2 fully saturated rings. The Kier molecular flexibility index (Phi) is 4.04. The third-order valence-corrected chi connectivity index (χ3v) is 4.37. The van der Waals surface area contributed by atoms with E-state index in [1.165, 1.54) is 57.9 Å². The van der Waals surface area contributed by atoms with Gasteiger partial charge in [0.1, 0.15) is 0 Å². The van der Waals surface area contributed by atoms with E-state index in [4.69, 9.17) is 0 Å². The molecule has 1 saturated carbocycles. The molecule has 1 saturated heterocycles. The van der Waals surface area contributed by atoms with Gasteiger partial charge in [-0.2, -0.15) is 0 Å². The summed E-state index contributed by atoms with van der Waals surface area (Å²) in [5.74, 6) is 0.938. The van der Waals surface area contributed by atoms with Gasteiger partial charge in [0.2, 0.25) is 0 Å². The van der Waals surface area contributed by atoms with E-state index in [2.05, 4.69) is 17.6 Å². The molecule has 1 unspecified atom stereocenters. The van der Waals surface area contributed by atoms with Gasteiger partial charge >= 0.3 is 0 Å². The number of hydrogen-bond donors (Lipinski definition) is 2. The van der Waals surface area contributed by atoms with Crippen LogP contribution in [0.15, 0.2) is 0 Å². The smallest absolute Gasteiger partial charge is 0.0459 e. The minimum atomic E-state index is 0.455. The Hall–Kier alpha value is -0.0800. The highest BCUT2D eigenvalue weighted by Crippen LogP contribution is 2.36. The predicted molar refractivity (Wildman–Crippen MR) is 64.8 cm³/mol. The van der Waals surface area contributed by atoms with Gasteiger partial charge in [-0.05, 0) is 25.2 Å². The van der Waals surface area contributed by atoms with Crippen molar-refractivity contribution in [2.45, 2.75) is 63.8 Å². The average Bonchev–Trinajstić information content (AvgIpc) is 2.78. The van der Waals surface area contributed by atoms with Crippen LogP contribution in [-0.2, 0) is 0 Å². The molecule has 2 aliphatic rings.